The van der Waals surface area contributed by atoms with Crippen molar-refractivity contribution in [3.05, 3.63) is 28.6 Å². The first kappa shape index (κ1) is 10.1. The van der Waals surface area contributed by atoms with E-state index in [0.29, 0.717) is 0 Å². The van der Waals surface area contributed by atoms with Gasteiger partial charge in [-0.3, -0.25) is 0 Å². The topological polar surface area (TPSA) is 37.8 Å². The number of anilines is 1. The van der Waals surface area contributed by atoms with Crippen molar-refractivity contribution < 1.29 is 0 Å². The quantitative estimate of drug-likeness (QED) is 0.844. The zero-order valence-corrected chi connectivity index (χ0v) is 9.85. The molecule has 0 aliphatic heterocycles. The molecule has 78 valence electrons. The third kappa shape index (κ3) is 1.72. The van der Waals surface area contributed by atoms with Crippen molar-refractivity contribution in [2.45, 2.75) is 13.8 Å². The van der Waals surface area contributed by atoms with Crippen molar-refractivity contribution in [2.75, 3.05) is 12.4 Å². The van der Waals surface area contributed by atoms with Crippen LogP contribution in [0.2, 0.25) is 0 Å². The van der Waals surface area contributed by atoms with E-state index in [1.54, 1.807) is 11.3 Å². The van der Waals surface area contributed by atoms with Gasteiger partial charge in [0, 0.05) is 7.05 Å². The largest absolute Gasteiger partial charge is 0.371 e. The molecule has 0 radical (unpaired) electrons. The predicted molar refractivity (Wildman–Crippen MR) is 64.4 cm³/mol. The van der Waals surface area contributed by atoms with Gasteiger partial charge in [-0.1, -0.05) is 6.07 Å². The maximum atomic E-state index is 4.25. The molecule has 0 unspecified atom stereocenters. The standard InChI is InChI=1S/C11H13N3S/c1-7-8(2)11(12-3)14-13-10(7)9-5-4-6-15-9/h4-6H,1-3H3,(H,12,14). The first-order valence-corrected chi connectivity index (χ1v) is 5.67. The van der Waals surface area contributed by atoms with Gasteiger partial charge in [-0.2, -0.15) is 0 Å². The summed E-state index contributed by atoms with van der Waals surface area (Å²) in [4.78, 5) is 1.17. The van der Waals surface area contributed by atoms with E-state index < -0.39 is 0 Å². The second kappa shape index (κ2) is 3.98. The molecule has 2 aromatic heterocycles. The predicted octanol–water partition coefficient (Wildman–Crippen LogP) is 2.86. The third-order valence-corrected chi connectivity index (χ3v) is 3.39. The van der Waals surface area contributed by atoms with Gasteiger partial charge < -0.3 is 5.32 Å². The lowest BCUT2D eigenvalue weighted by Gasteiger charge is -2.09. The molecule has 0 fully saturated rings. The Hall–Kier alpha value is -1.42. The van der Waals surface area contributed by atoms with Crippen LogP contribution in [0.25, 0.3) is 10.6 Å². The molecule has 0 saturated carbocycles. The number of thiophene rings is 1. The average molecular weight is 219 g/mol. The maximum Gasteiger partial charge on any atom is 0.151 e. The summed E-state index contributed by atoms with van der Waals surface area (Å²) in [5.74, 6) is 0.854. The van der Waals surface area contributed by atoms with Gasteiger partial charge in [-0.05, 0) is 36.4 Å². The molecule has 2 aromatic rings. The number of nitrogens with one attached hydrogen (secondary N) is 1. The van der Waals surface area contributed by atoms with Gasteiger partial charge in [0.2, 0.25) is 0 Å². The van der Waals surface area contributed by atoms with Crippen LogP contribution in [0.4, 0.5) is 5.82 Å². The maximum absolute atomic E-state index is 4.25. The molecule has 0 atom stereocenters. The van der Waals surface area contributed by atoms with Crippen LogP contribution in [0.15, 0.2) is 17.5 Å². The third-order valence-electron chi connectivity index (χ3n) is 2.51. The lowest BCUT2D eigenvalue weighted by molar-refractivity contribution is 1.01. The number of nitrogens with zero attached hydrogens (tertiary/aromatic N) is 2. The van der Waals surface area contributed by atoms with Gasteiger partial charge in [0.15, 0.2) is 5.82 Å². The normalized spacial score (nSPS) is 10.3. The van der Waals surface area contributed by atoms with Gasteiger partial charge in [-0.15, -0.1) is 21.5 Å². The lowest BCUT2D eigenvalue weighted by Crippen LogP contribution is -2.01. The van der Waals surface area contributed by atoms with Crippen molar-refractivity contribution in [1.82, 2.24) is 10.2 Å². The second-order valence-corrected chi connectivity index (χ2v) is 4.32. The first-order valence-electron chi connectivity index (χ1n) is 4.79. The van der Waals surface area contributed by atoms with Crippen LogP contribution in [-0.2, 0) is 0 Å². The minimum atomic E-state index is 0.854. The monoisotopic (exact) mass is 219 g/mol. The van der Waals surface area contributed by atoms with E-state index in [-0.39, 0.29) is 0 Å². The zero-order chi connectivity index (χ0) is 10.8. The summed E-state index contributed by atoms with van der Waals surface area (Å²) in [5, 5.41) is 13.5. The van der Waals surface area contributed by atoms with Gasteiger partial charge >= 0.3 is 0 Å². The van der Waals surface area contributed by atoms with E-state index in [9.17, 15) is 0 Å². The van der Waals surface area contributed by atoms with Crippen molar-refractivity contribution >= 4 is 17.2 Å². The van der Waals surface area contributed by atoms with Crippen LogP contribution < -0.4 is 5.32 Å². The smallest absolute Gasteiger partial charge is 0.151 e. The summed E-state index contributed by atoms with van der Waals surface area (Å²) in [5.41, 5.74) is 3.34. The fourth-order valence-corrected chi connectivity index (χ4v) is 2.26. The Morgan fingerprint density at radius 2 is 2.00 bits per heavy atom. The Bertz CT molecular complexity index is 463. The fraction of sp³-hybridized carbons (Fsp3) is 0.273. The highest BCUT2D eigenvalue weighted by Crippen LogP contribution is 2.28. The summed E-state index contributed by atoms with van der Waals surface area (Å²) >= 11 is 1.69. The highest BCUT2D eigenvalue weighted by atomic mass is 32.1. The average Bonchev–Trinajstić information content (AvgIpc) is 2.75. The molecule has 0 aliphatic rings. The summed E-state index contributed by atoms with van der Waals surface area (Å²) in [6.45, 7) is 4.15. The zero-order valence-electron chi connectivity index (χ0n) is 9.03. The minimum absolute atomic E-state index is 0.854. The Morgan fingerprint density at radius 1 is 1.20 bits per heavy atom. The SMILES string of the molecule is CNc1nnc(-c2cccs2)c(C)c1C. The summed E-state index contributed by atoms with van der Waals surface area (Å²) in [6, 6.07) is 4.10. The van der Waals surface area contributed by atoms with Gasteiger partial charge in [-0.25, -0.2) is 0 Å². The molecule has 4 heteroatoms. The van der Waals surface area contributed by atoms with Crippen LogP contribution in [0.3, 0.4) is 0 Å². The van der Waals surface area contributed by atoms with Crippen LogP contribution >= 0.6 is 11.3 Å². The van der Waals surface area contributed by atoms with E-state index >= 15 is 0 Å². The van der Waals surface area contributed by atoms with Crippen molar-refractivity contribution in [3.8, 4) is 10.6 Å². The van der Waals surface area contributed by atoms with Crippen molar-refractivity contribution in [3.63, 3.8) is 0 Å². The molecular weight excluding hydrogens is 206 g/mol. The van der Waals surface area contributed by atoms with Crippen molar-refractivity contribution in [1.29, 1.82) is 0 Å². The minimum Gasteiger partial charge on any atom is -0.371 e. The van der Waals surface area contributed by atoms with Crippen LogP contribution in [-0.4, -0.2) is 17.2 Å². The van der Waals surface area contributed by atoms with Crippen molar-refractivity contribution in [2.24, 2.45) is 0 Å². The van der Waals surface area contributed by atoms with E-state index in [2.05, 4.69) is 40.8 Å². The van der Waals surface area contributed by atoms with Gasteiger partial charge in [0.1, 0.15) is 5.69 Å². The molecule has 0 bridgehead atoms. The lowest BCUT2D eigenvalue weighted by atomic mass is 10.1. The first-order chi connectivity index (χ1) is 7.24. The number of hydrogen-bond acceptors (Lipinski definition) is 4. The molecular formula is C11H13N3S. The summed E-state index contributed by atoms with van der Waals surface area (Å²) in [7, 11) is 1.86. The summed E-state index contributed by atoms with van der Waals surface area (Å²) in [6.07, 6.45) is 0. The molecule has 0 aliphatic carbocycles. The molecule has 15 heavy (non-hydrogen) atoms. The molecule has 0 aromatic carbocycles. The Balaban J connectivity index is 2.56. The highest BCUT2D eigenvalue weighted by Gasteiger charge is 2.10. The Morgan fingerprint density at radius 3 is 2.60 bits per heavy atom. The van der Waals surface area contributed by atoms with E-state index in [0.717, 1.165) is 17.1 Å². The van der Waals surface area contributed by atoms with Crippen LogP contribution in [0, 0.1) is 13.8 Å². The molecule has 2 rings (SSSR count). The summed E-state index contributed by atoms with van der Waals surface area (Å²) < 4.78 is 0. The molecule has 0 saturated heterocycles. The Labute approximate surface area is 93.2 Å². The number of hydrogen-bond donors (Lipinski definition) is 1. The van der Waals surface area contributed by atoms with E-state index in [1.165, 1.54) is 10.4 Å². The molecule has 1 N–H and O–H groups in total. The van der Waals surface area contributed by atoms with Gasteiger partial charge in [0.05, 0.1) is 4.88 Å². The van der Waals surface area contributed by atoms with Crippen LogP contribution in [0.5, 0.6) is 0 Å². The van der Waals surface area contributed by atoms with Gasteiger partial charge in [0.25, 0.3) is 0 Å². The number of aromatic nitrogens is 2. The number of rotatable bonds is 2. The second-order valence-electron chi connectivity index (χ2n) is 3.37. The Kier molecular flexibility index (Phi) is 2.68. The van der Waals surface area contributed by atoms with E-state index in [4.69, 9.17) is 0 Å². The molecule has 0 spiro atoms. The molecule has 3 nitrogen and oxygen atoms in total. The van der Waals surface area contributed by atoms with Crippen LogP contribution in [0.1, 0.15) is 11.1 Å². The molecule has 0 amide bonds. The highest BCUT2D eigenvalue weighted by molar-refractivity contribution is 7.13. The molecule has 2 heterocycles. The fourth-order valence-electron chi connectivity index (χ4n) is 1.49. The van der Waals surface area contributed by atoms with E-state index in [1.807, 2.05) is 13.1 Å².